The van der Waals surface area contributed by atoms with Crippen LogP contribution in [-0.2, 0) is 30.4 Å². The van der Waals surface area contributed by atoms with Gasteiger partial charge in [-0.2, -0.15) is 0 Å². The molecule has 13 heteroatoms. The van der Waals surface area contributed by atoms with E-state index in [0.717, 1.165) is 0 Å². The van der Waals surface area contributed by atoms with Crippen LogP contribution < -0.4 is 27.4 Å². The molecule has 4 unspecified atom stereocenters. The van der Waals surface area contributed by atoms with Crippen LogP contribution in [0.2, 0.25) is 0 Å². The highest BCUT2D eigenvalue weighted by Gasteiger charge is 2.30. The van der Waals surface area contributed by atoms with Crippen molar-refractivity contribution in [2.75, 3.05) is 0 Å². The van der Waals surface area contributed by atoms with Gasteiger partial charge in [0.25, 0.3) is 0 Å². The number of primary amides is 1. The number of aliphatic carboxylic acids is 1. The van der Waals surface area contributed by atoms with Crippen LogP contribution in [0.5, 0.6) is 0 Å². The van der Waals surface area contributed by atoms with Crippen molar-refractivity contribution in [1.29, 1.82) is 0 Å². The normalized spacial score (nSPS) is 14.6. The summed E-state index contributed by atoms with van der Waals surface area (Å²) in [6.07, 6.45) is 3.07. The van der Waals surface area contributed by atoms with Gasteiger partial charge in [0.05, 0.1) is 12.4 Å². The molecule has 0 bridgehead atoms. The van der Waals surface area contributed by atoms with Crippen molar-refractivity contribution in [2.24, 2.45) is 17.4 Å². The van der Waals surface area contributed by atoms with Gasteiger partial charge in [-0.25, -0.2) is 4.98 Å². The first-order valence-electron chi connectivity index (χ1n) is 10.6. The first kappa shape index (κ1) is 27.6. The maximum absolute atomic E-state index is 12.9. The molecule has 0 fully saturated rings. The number of carbonyl (C=O) groups excluding carboxylic acids is 4. The van der Waals surface area contributed by atoms with E-state index in [1.165, 1.54) is 19.4 Å². The second-order valence-electron chi connectivity index (χ2n) is 8.21. The molecule has 4 atom stereocenters. The Labute approximate surface area is 191 Å². The van der Waals surface area contributed by atoms with Gasteiger partial charge < -0.3 is 37.5 Å². The second-order valence-corrected chi connectivity index (χ2v) is 8.21. The number of amides is 4. The molecule has 13 nitrogen and oxygen atoms in total. The molecule has 0 saturated carbocycles. The number of aromatic nitrogens is 2. The molecule has 4 amide bonds. The van der Waals surface area contributed by atoms with E-state index in [9.17, 15) is 24.0 Å². The van der Waals surface area contributed by atoms with Crippen LogP contribution in [-0.4, -0.2) is 68.8 Å². The summed E-state index contributed by atoms with van der Waals surface area (Å²) in [4.78, 5) is 66.9. The predicted octanol–water partition coefficient (Wildman–Crippen LogP) is -1.85. The molecule has 33 heavy (non-hydrogen) atoms. The third kappa shape index (κ3) is 10.1. The van der Waals surface area contributed by atoms with Crippen molar-refractivity contribution in [1.82, 2.24) is 25.9 Å². The second kappa shape index (κ2) is 13.2. The Balaban J connectivity index is 2.90. The van der Waals surface area contributed by atoms with Gasteiger partial charge in [-0.1, -0.05) is 13.8 Å². The standard InChI is InChI=1S/C20H33N7O6/c1-10(2)6-15(27-17(29)13(21)7-12-8-23-9-24-12)19(31)26-14(4-5-16(22)28)18(30)25-11(3)20(32)33/h8-11,13-15H,4-7,21H2,1-3H3,(H2,22,28)(H,23,24)(H,25,30)(H,26,31)(H,27,29)(H,32,33). The number of hydrogen-bond acceptors (Lipinski definition) is 7. The fourth-order valence-corrected chi connectivity index (χ4v) is 2.91. The quantitative estimate of drug-likeness (QED) is 0.164. The molecule has 0 radical (unpaired) electrons. The van der Waals surface area contributed by atoms with Gasteiger partial charge >= 0.3 is 5.97 Å². The fraction of sp³-hybridized carbons (Fsp3) is 0.600. The highest BCUT2D eigenvalue weighted by atomic mass is 16.4. The molecule has 0 aliphatic rings. The number of nitrogens with two attached hydrogens (primary N) is 2. The van der Waals surface area contributed by atoms with Crippen molar-refractivity contribution >= 4 is 29.6 Å². The van der Waals surface area contributed by atoms with Crippen molar-refractivity contribution in [2.45, 2.75) is 70.6 Å². The average molecular weight is 468 g/mol. The van der Waals surface area contributed by atoms with E-state index >= 15 is 0 Å². The summed E-state index contributed by atoms with van der Waals surface area (Å²) in [5.41, 5.74) is 11.7. The lowest BCUT2D eigenvalue weighted by Crippen LogP contribution is -2.57. The SMILES string of the molecule is CC(C)CC(NC(=O)C(N)Cc1cnc[nH]1)C(=O)NC(CCC(N)=O)C(=O)NC(C)C(=O)O. The summed E-state index contributed by atoms with van der Waals surface area (Å²) in [5, 5.41) is 16.3. The summed E-state index contributed by atoms with van der Waals surface area (Å²) in [6, 6.07) is -4.39. The first-order valence-corrected chi connectivity index (χ1v) is 10.6. The Morgan fingerprint density at radius 1 is 1.03 bits per heavy atom. The number of nitrogens with zero attached hydrogens (tertiary/aromatic N) is 1. The van der Waals surface area contributed by atoms with Crippen LogP contribution in [0.1, 0.15) is 45.7 Å². The van der Waals surface area contributed by atoms with Gasteiger partial charge in [-0.15, -0.1) is 0 Å². The van der Waals surface area contributed by atoms with E-state index in [1.807, 2.05) is 13.8 Å². The number of rotatable bonds is 14. The zero-order chi connectivity index (χ0) is 25.1. The molecular formula is C20H33N7O6. The molecule has 0 spiro atoms. The Morgan fingerprint density at radius 2 is 1.64 bits per heavy atom. The number of carboxylic acid groups (broad SMARTS) is 1. The molecule has 9 N–H and O–H groups in total. The minimum absolute atomic E-state index is 0.00908. The smallest absolute Gasteiger partial charge is 0.325 e. The molecule has 1 rings (SSSR count). The fourth-order valence-electron chi connectivity index (χ4n) is 2.91. The lowest BCUT2D eigenvalue weighted by Gasteiger charge is -2.25. The van der Waals surface area contributed by atoms with E-state index in [0.29, 0.717) is 5.69 Å². The van der Waals surface area contributed by atoms with Gasteiger partial charge in [-0.05, 0) is 25.7 Å². The van der Waals surface area contributed by atoms with E-state index in [-0.39, 0.29) is 31.6 Å². The highest BCUT2D eigenvalue weighted by Crippen LogP contribution is 2.08. The van der Waals surface area contributed by atoms with E-state index < -0.39 is 53.8 Å². The first-order chi connectivity index (χ1) is 15.4. The minimum atomic E-state index is -1.26. The Hall–Kier alpha value is -3.48. The zero-order valence-corrected chi connectivity index (χ0v) is 19.0. The van der Waals surface area contributed by atoms with Crippen LogP contribution in [0.15, 0.2) is 12.5 Å². The molecule has 1 aromatic rings. The maximum Gasteiger partial charge on any atom is 0.325 e. The van der Waals surface area contributed by atoms with Gasteiger partial charge in [0, 0.05) is 24.7 Å². The highest BCUT2D eigenvalue weighted by molar-refractivity contribution is 5.94. The van der Waals surface area contributed by atoms with Crippen LogP contribution in [0.3, 0.4) is 0 Å². The van der Waals surface area contributed by atoms with Crippen molar-refractivity contribution in [3.05, 3.63) is 18.2 Å². The Morgan fingerprint density at radius 3 is 2.15 bits per heavy atom. The van der Waals surface area contributed by atoms with E-state index in [4.69, 9.17) is 16.6 Å². The van der Waals surface area contributed by atoms with Crippen LogP contribution in [0.4, 0.5) is 0 Å². The third-order valence-electron chi connectivity index (χ3n) is 4.71. The molecule has 0 aromatic carbocycles. The molecule has 0 aliphatic heterocycles. The van der Waals surface area contributed by atoms with Crippen LogP contribution >= 0.6 is 0 Å². The van der Waals surface area contributed by atoms with Crippen molar-refractivity contribution < 1.29 is 29.1 Å². The summed E-state index contributed by atoms with van der Waals surface area (Å²) >= 11 is 0. The number of carbonyl (C=O) groups is 5. The molecule has 0 aliphatic carbocycles. The van der Waals surface area contributed by atoms with Crippen molar-refractivity contribution in [3.63, 3.8) is 0 Å². The predicted molar refractivity (Wildman–Crippen MR) is 117 cm³/mol. The van der Waals surface area contributed by atoms with E-state index in [2.05, 4.69) is 25.9 Å². The molecule has 1 aromatic heterocycles. The summed E-state index contributed by atoms with van der Waals surface area (Å²) in [5.74, 6) is -3.97. The third-order valence-corrected chi connectivity index (χ3v) is 4.71. The Bertz CT molecular complexity index is 827. The molecule has 184 valence electrons. The maximum atomic E-state index is 12.9. The lowest BCUT2D eigenvalue weighted by atomic mass is 10.0. The average Bonchev–Trinajstić information content (AvgIpc) is 3.22. The summed E-state index contributed by atoms with van der Waals surface area (Å²) < 4.78 is 0. The molecule has 0 saturated heterocycles. The number of hydrogen-bond donors (Lipinski definition) is 7. The number of H-pyrrole nitrogens is 1. The number of carboxylic acids is 1. The van der Waals surface area contributed by atoms with Crippen molar-refractivity contribution in [3.8, 4) is 0 Å². The Kier molecular flexibility index (Phi) is 11.0. The monoisotopic (exact) mass is 467 g/mol. The topological polar surface area (TPSA) is 222 Å². The van der Waals surface area contributed by atoms with Gasteiger partial charge in [-0.3, -0.25) is 24.0 Å². The zero-order valence-electron chi connectivity index (χ0n) is 19.0. The van der Waals surface area contributed by atoms with Crippen LogP contribution in [0.25, 0.3) is 0 Å². The lowest BCUT2D eigenvalue weighted by molar-refractivity contribution is -0.142. The number of imidazole rings is 1. The summed E-state index contributed by atoms with van der Waals surface area (Å²) in [6.45, 7) is 4.96. The largest absolute Gasteiger partial charge is 0.480 e. The summed E-state index contributed by atoms with van der Waals surface area (Å²) in [7, 11) is 0. The van der Waals surface area contributed by atoms with E-state index in [1.54, 1.807) is 0 Å². The molecular weight excluding hydrogens is 434 g/mol. The molecule has 1 heterocycles. The number of aromatic amines is 1. The van der Waals surface area contributed by atoms with Gasteiger partial charge in [0.2, 0.25) is 23.6 Å². The van der Waals surface area contributed by atoms with Gasteiger partial charge in [0.1, 0.15) is 18.1 Å². The number of nitrogens with one attached hydrogen (secondary N) is 4. The van der Waals surface area contributed by atoms with Crippen LogP contribution in [0, 0.1) is 5.92 Å². The minimum Gasteiger partial charge on any atom is -0.480 e. The van der Waals surface area contributed by atoms with Gasteiger partial charge in [0.15, 0.2) is 0 Å².